The number of carbonyl (C=O) groups is 1. The predicted octanol–water partition coefficient (Wildman–Crippen LogP) is 9.02. The summed E-state index contributed by atoms with van der Waals surface area (Å²) in [6, 6.07) is 31.5. The van der Waals surface area contributed by atoms with Gasteiger partial charge in [0.1, 0.15) is 40.9 Å². The molecule has 0 spiro atoms. The van der Waals surface area contributed by atoms with E-state index < -0.39 is 5.97 Å². The van der Waals surface area contributed by atoms with Crippen LogP contribution >= 0.6 is 0 Å². The molecule has 0 radical (unpaired) electrons. The first-order valence-electron chi connectivity index (χ1n) is 13.7. The third kappa shape index (κ3) is 9.22. The molecule has 0 N–H and O–H groups in total. The average Bonchev–Trinajstić information content (AvgIpc) is 2.97. The largest absolute Gasteiger partial charge is 0.494 e. The molecule has 0 aliphatic carbocycles. The van der Waals surface area contributed by atoms with Crippen LogP contribution in [-0.4, -0.2) is 12.6 Å². The van der Waals surface area contributed by atoms with Crippen LogP contribution in [-0.2, 0) is 6.61 Å². The fourth-order valence-corrected chi connectivity index (χ4v) is 4.04. The van der Waals surface area contributed by atoms with Crippen molar-refractivity contribution in [2.75, 3.05) is 6.61 Å². The molecular weight excluding hydrogens is 488 g/mol. The molecule has 4 aromatic carbocycles. The number of benzene rings is 4. The Hall–Kier alpha value is -4.25. The van der Waals surface area contributed by atoms with E-state index in [2.05, 4.69) is 6.92 Å². The Kier molecular flexibility index (Phi) is 10.8. The van der Waals surface area contributed by atoms with Gasteiger partial charge in [0.2, 0.25) is 0 Å². The topological polar surface area (TPSA) is 54.0 Å². The van der Waals surface area contributed by atoms with Gasteiger partial charge in [0.15, 0.2) is 0 Å². The molecule has 0 amide bonds. The molecule has 0 unspecified atom stereocenters. The first-order valence-corrected chi connectivity index (χ1v) is 13.7. The van der Waals surface area contributed by atoms with Crippen LogP contribution in [0, 0.1) is 0 Å². The van der Waals surface area contributed by atoms with Crippen molar-refractivity contribution in [3.8, 4) is 28.7 Å². The number of para-hydroxylation sites is 1. The maximum absolute atomic E-state index is 13.1. The van der Waals surface area contributed by atoms with Crippen LogP contribution in [0.4, 0.5) is 0 Å². The predicted molar refractivity (Wildman–Crippen MR) is 154 cm³/mol. The van der Waals surface area contributed by atoms with Gasteiger partial charge in [-0.2, -0.15) is 0 Å². The SMILES string of the molecule is CCCCCCCCOc1ccc(OC(=O)c2ccc(OCc3ccccc3)cc2Oc2ccccc2)cc1. The Morgan fingerprint density at radius 3 is 2.00 bits per heavy atom. The molecule has 5 nitrogen and oxygen atoms in total. The third-order valence-electron chi connectivity index (χ3n) is 6.19. The number of unbranched alkanes of at least 4 members (excludes halogenated alkanes) is 5. The minimum absolute atomic E-state index is 0.300. The van der Waals surface area contributed by atoms with E-state index in [-0.39, 0.29) is 0 Å². The molecule has 4 rings (SSSR count). The van der Waals surface area contributed by atoms with Gasteiger partial charge in [-0.15, -0.1) is 0 Å². The molecule has 0 heterocycles. The summed E-state index contributed by atoms with van der Waals surface area (Å²) in [5.41, 5.74) is 1.35. The molecule has 0 atom stereocenters. The van der Waals surface area contributed by atoms with E-state index in [4.69, 9.17) is 18.9 Å². The summed E-state index contributed by atoms with van der Waals surface area (Å²) in [7, 11) is 0. The highest BCUT2D eigenvalue weighted by atomic mass is 16.5. The van der Waals surface area contributed by atoms with E-state index in [1.54, 1.807) is 30.3 Å². The minimum atomic E-state index is -0.517. The van der Waals surface area contributed by atoms with Crippen molar-refractivity contribution in [2.45, 2.75) is 52.1 Å². The van der Waals surface area contributed by atoms with Crippen LogP contribution in [0.2, 0.25) is 0 Å². The van der Waals surface area contributed by atoms with Gasteiger partial charge in [-0.05, 0) is 60.5 Å². The Morgan fingerprint density at radius 1 is 0.615 bits per heavy atom. The molecule has 0 fully saturated rings. The summed E-state index contributed by atoms with van der Waals surface area (Å²) < 4.78 is 23.5. The number of esters is 1. The van der Waals surface area contributed by atoms with E-state index >= 15 is 0 Å². The zero-order chi connectivity index (χ0) is 27.1. The Balaban J connectivity index is 1.38. The van der Waals surface area contributed by atoms with Crippen LogP contribution in [0.1, 0.15) is 61.4 Å². The van der Waals surface area contributed by atoms with E-state index in [1.165, 1.54) is 32.1 Å². The zero-order valence-electron chi connectivity index (χ0n) is 22.5. The summed E-state index contributed by atoms with van der Waals surface area (Å²) in [6.45, 7) is 3.31. The number of carbonyl (C=O) groups excluding carboxylic acids is 1. The second kappa shape index (κ2) is 15.2. The molecule has 5 heteroatoms. The zero-order valence-corrected chi connectivity index (χ0v) is 22.5. The van der Waals surface area contributed by atoms with Crippen molar-refractivity contribution in [3.05, 3.63) is 114 Å². The number of ether oxygens (including phenoxy) is 4. The lowest BCUT2D eigenvalue weighted by Crippen LogP contribution is -2.10. The minimum Gasteiger partial charge on any atom is -0.494 e. The molecule has 4 aromatic rings. The fraction of sp³-hybridized carbons (Fsp3) is 0.265. The quantitative estimate of drug-likeness (QED) is 0.0882. The normalized spacial score (nSPS) is 10.6. The highest BCUT2D eigenvalue weighted by Gasteiger charge is 2.17. The van der Waals surface area contributed by atoms with E-state index in [0.717, 1.165) is 17.7 Å². The Bertz CT molecular complexity index is 1270. The molecule has 39 heavy (non-hydrogen) atoms. The van der Waals surface area contributed by atoms with Crippen molar-refractivity contribution in [1.29, 1.82) is 0 Å². The van der Waals surface area contributed by atoms with Crippen LogP contribution in [0.5, 0.6) is 28.7 Å². The summed E-state index contributed by atoms with van der Waals surface area (Å²) >= 11 is 0. The maximum Gasteiger partial charge on any atom is 0.347 e. The van der Waals surface area contributed by atoms with E-state index in [0.29, 0.717) is 41.8 Å². The molecule has 0 aromatic heterocycles. The van der Waals surface area contributed by atoms with Crippen LogP contribution < -0.4 is 18.9 Å². The Labute approximate surface area is 231 Å². The summed E-state index contributed by atoms with van der Waals surface area (Å²) in [4.78, 5) is 13.1. The number of hydrogen-bond acceptors (Lipinski definition) is 5. The second-order valence-corrected chi connectivity index (χ2v) is 9.32. The van der Waals surface area contributed by atoms with Crippen molar-refractivity contribution >= 4 is 5.97 Å². The fourth-order valence-electron chi connectivity index (χ4n) is 4.04. The van der Waals surface area contributed by atoms with Gasteiger partial charge in [0, 0.05) is 6.07 Å². The first-order chi connectivity index (χ1) is 19.2. The molecule has 0 saturated carbocycles. The molecular formula is C34H36O5. The third-order valence-corrected chi connectivity index (χ3v) is 6.19. The standard InChI is InChI=1S/C34H36O5/c1-2-3-4-5-6-13-24-36-28-18-20-30(21-19-28)39-34(35)32-23-22-31(37-26-27-14-9-7-10-15-27)25-33(32)38-29-16-11-8-12-17-29/h7-12,14-23,25H,2-6,13,24,26H2,1H3. The van der Waals surface area contributed by atoms with E-state index in [1.807, 2.05) is 72.8 Å². The van der Waals surface area contributed by atoms with Crippen molar-refractivity contribution < 1.29 is 23.7 Å². The number of rotatable bonds is 15. The van der Waals surface area contributed by atoms with E-state index in [9.17, 15) is 4.79 Å². The second-order valence-electron chi connectivity index (χ2n) is 9.32. The molecule has 202 valence electrons. The lowest BCUT2D eigenvalue weighted by atomic mass is 10.1. The first kappa shape index (κ1) is 27.8. The average molecular weight is 525 g/mol. The smallest absolute Gasteiger partial charge is 0.347 e. The van der Waals surface area contributed by atoms with Gasteiger partial charge in [-0.3, -0.25) is 0 Å². The summed E-state index contributed by atoms with van der Waals surface area (Å²) in [5.74, 6) is 2.23. The van der Waals surface area contributed by atoms with Crippen molar-refractivity contribution in [2.24, 2.45) is 0 Å². The van der Waals surface area contributed by atoms with Gasteiger partial charge in [-0.25, -0.2) is 4.79 Å². The van der Waals surface area contributed by atoms with Gasteiger partial charge in [-0.1, -0.05) is 87.6 Å². The lowest BCUT2D eigenvalue weighted by Gasteiger charge is -2.14. The monoisotopic (exact) mass is 524 g/mol. The van der Waals surface area contributed by atoms with Crippen molar-refractivity contribution in [3.63, 3.8) is 0 Å². The van der Waals surface area contributed by atoms with Gasteiger partial charge < -0.3 is 18.9 Å². The van der Waals surface area contributed by atoms with Crippen LogP contribution in [0.15, 0.2) is 103 Å². The number of hydrogen-bond donors (Lipinski definition) is 0. The maximum atomic E-state index is 13.1. The molecule has 0 aliphatic rings. The van der Waals surface area contributed by atoms with Crippen molar-refractivity contribution in [1.82, 2.24) is 0 Å². The lowest BCUT2D eigenvalue weighted by molar-refractivity contribution is 0.0732. The highest BCUT2D eigenvalue weighted by molar-refractivity contribution is 5.94. The molecule has 0 saturated heterocycles. The summed E-state index contributed by atoms with van der Waals surface area (Å²) in [6.07, 6.45) is 7.31. The highest BCUT2D eigenvalue weighted by Crippen LogP contribution is 2.31. The molecule has 0 bridgehead atoms. The van der Waals surface area contributed by atoms with Gasteiger partial charge in [0.05, 0.1) is 6.61 Å². The Morgan fingerprint density at radius 2 is 1.26 bits per heavy atom. The van der Waals surface area contributed by atoms with Crippen LogP contribution in [0.3, 0.4) is 0 Å². The van der Waals surface area contributed by atoms with Gasteiger partial charge in [0.25, 0.3) is 0 Å². The van der Waals surface area contributed by atoms with Crippen LogP contribution in [0.25, 0.3) is 0 Å². The summed E-state index contributed by atoms with van der Waals surface area (Å²) in [5, 5.41) is 0. The molecule has 0 aliphatic heterocycles. The van der Waals surface area contributed by atoms with Gasteiger partial charge >= 0.3 is 5.97 Å².